The molecule has 0 unspecified atom stereocenters. The van der Waals surface area contributed by atoms with Crippen molar-refractivity contribution in [2.75, 3.05) is 0 Å². The van der Waals surface area contributed by atoms with Gasteiger partial charge in [0.15, 0.2) is 17.9 Å². The molecule has 0 spiro atoms. The number of hydrogen-bond acceptors (Lipinski definition) is 7. The Morgan fingerprint density at radius 2 is 1.72 bits per heavy atom. The van der Waals surface area contributed by atoms with Crippen molar-refractivity contribution in [1.82, 2.24) is 18.8 Å². The Labute approximate surface area is 190 Å². The first-order valence-electron chi connectivity index (χ1n) is 9.97. The van der Waals surface area contributed by atoms with Crippen LogP contribution >= 0.6 is 11.6 Å². The Bertz CT molecular complexity index is 1230. The van der Waals surface area contributed by atoms with Crippen LogP contribution in [0.3, 0.4) is 0 Å². The standard InChI is InChI=1S/C21H27ClN4O6/c1-8-10-11-24-13-14(23-18(24)22)25(12-31-16(28)20(3,4)5)19(30)26(15(13)27)32-17(29)21(6,7)9-2/h9,11-12H2,1-7H3. The quantitative estimate of drug-likeness (QED) is 0.363. The maximum Gasteiger partial charge on any atom is 0.369 e. The van der Waals surface area contributed by atoms with Gasteiger partial charge in [0, 0.05) is 0 Å². The van der Waals surface area contributed by atoms with Gasteiger partial charge in [-0.15, -0.1) is 5.92 Å². The molecule has 0 aliphatic rings. The first kappa shape index (κ1) is 25.2. The van der Waals surface area contributed by atoms with Gasteiger partial charge in [-0.25, -0.2) is 14.2 Å². The number of esters is 1. The molecule has 2 aromatic rings. The fourth-order valence-electron chi connectivity index (χ4n) is 2.39. The van der Waals surface area contributed by atoms with Crippen LogP contribution in [0.2, 0.25) is 5.28 Å². The molecule has 10 nitrogen and oxygen atoms in total. The van der Waals surface area contributed by atoms with Crippen molar-refractivity contribution < 1.29 is 19.2 Å². The summed E-state index contributed by atoms with van der Waals surface area (Å²) in [6.07, 6.45) is 0.413. The van der Waals surface area contributed by atoms with Gasteiger partial charge < -0.3 is 9.57 Å². The third kappa shape index (κ3) is 4.88. The van der Waals surface area contributed by atoms with Crippen LogP contribution in [0.15, 0.2) is 9.59 Å². The molecule has 0 amide bonds. The van der Waals surface area contributed by atoms with E-state index in [2.05, 4.69) is 16.8 Å². The SMILES string of the molecule is CC#CCn1c(Cl)nc2c1c(=O)n(OC(=O)C(C)(C)CC)c(=O)n2COC(=O)C(C)(C)C. The molecule has 0 aromatic carbocycles. The summed E-state index contributed by atoms with van der Waals surface area (Å²) in [5.74, 6) is 4.10. The minimum atomic E-state index is -1.03. The molecule has 11 heteroatoms. The predicted octanol–water partition coefficient (Wildman–Crippen LogP) is 1.97. The molecule has 0 fully saturated rings. The predicted molar refractivity (Wildman–Crippen MR) is 118 cm³/mol. The highest BCUT2D eigenvalue weighted by Gasteiger charge is 2.31. The first-order chi connectivity index (χ1) is 14.8. The zero-order valence-electron chi connectivity index (χ0n) is 19.2. The number of carbonyl (C=O) groups is 2. The van der Waals surface area contributed by atoms with E-state index in [0.29, 0.717) is 11.2 Å². The van der Waals surface area contributed by atoms with Crippen LogP contribution in [0.1, 0.15) is 54.9 Å². The average molecular weight is 467 g/mol. The molecular weight excluding hydrogens is 440 g/mol. The van der Waals surface area contributed by atoms with Crippen LogP contribution in [0.4, 0.5) is 0 Å². The maximum atomic E-state index is 13.1. The molecule has 0 N–H and O–H groups in total. The van der Waals surface area contributed by atoms with Crippen LogP contribution in [-0.2, 0) is 27.6 Å². The summed E-state index contributed by atoms with van der Waals surface area (Å²) in [4.78, 5) is 60.3. The van der Waals surface area contributed by atoms with Gasteiger partial charge in [-0.2, -0.15) is 4.98 Å². The molecule has 0 saturated heterocycles. The second-order valence-electron chi connectivity index (χ2n) is 8.80. The molecule has 32 heavy (non-hydrogen) atoms. The van der Waals surface area contributed by atoms with Gasteiger partial charge in [-0.05, 0) is 59.6 Å². The number of ether oxygens (including phenoxy) is 1. The molecule has 0 bridgehead atoms. The second kappa shape index (κ2) is 9.20. The van der Waals surface area contributed by atoms with E-state index in [0.717, 1.165) is 4.57 Å². The largest absolute Gasteiger partial charge is 0.443 e. The summed E-state index contributed by atoms with van der Waals surface area (Å²) in [6, 6.07) is 0. The summed E-state index contributed by atoms with van der Waals surface area (Å²) in [6.45, 7) is 11.0. The smallest absolute Gasteiger partial charge is 0.369 e. The third-order valence-corrected chi connectivity index (χ3v) is 5.20. The van der Waals surface area contributed by atoms with E-state index in [-0.39, 0.29) is 23.0 Å². The fraction of sp³-hybridized carbons (Fsp3) is 0.571. The van der Waals surface area contributed by atoms with Gasteiger partial charge in [0.25, 0.3) is 0 Å². The van der Waals surface area contributed by atoms with E-state index in [4.69, 9.17) is 21.2 Å². The summed E-state index contributed by atoms with van der Waals surface area (Å²) in [5.41, 5.74) is -3.98. The van der Waals surface area contributed by atoms with Crippen molar-refractivity contribution in [3.05, 3.63) is 26.1 Å². The highest BCUT2D eigenvalue weighted by Crippen LogP contribution is 2.21. The normalized spacial score (nSPS) is 11.8. The number of imidazole rings is 1. The van der Waals surface area contributed by atoms with Crippen LogP contribution in [0, 0.1) is 22.7 Å². The number of aromatic nitrogens is 4. The number of halogens is 1. The lowest BCUT2D eigenvalue weighted by Crippen LogP contribution is -2.48. The topological polar surface area (TPSA) is 114 Å². The van der Waals surface area contributed by atoms with Gasteiger partial charge >= 0.3 is 23.2 Å². The molecular formula is C21H27ClN4O6. The highest BCUT2D eigenvalue weighted by molar-refractivity contribution is 6.29. The van der Waals surface area contributed by atoms with Crippen molar-refractivity contribution in [2.45, 2.75) is 68.2 Å². The van der Waals surface area contributed by atoms with E-state index < -0.39 is 40.7 Å². The molecule has 0 aliphatic heterocycles. The van der Waals surface area contributed by atoms with Crippen LogP contribution in [0.25, 0.3) is 11.2 Å². The molecule has 0 saturated carbocycles. The number of hydrogen-bond donors (Lipinski definition) is 0. The van der Waals surface area contributed by atoms with Crippen molar-refractivity contribution in [2.24, 2.45) is 10.8 Å². The number of nitrogens with zero attached hydrogens (tertiary/aromatic N) is 4. The third-order valence-electron chi connectivity index (χ3n) is 4.91. The molecule has 174 valence electrons. The van der Waals surface area contributed by atoms with Crippen molar-refractivity contribution >= 4 is 34.7 Å². The van der Waals surface area contributed by atoms with Crippen LogP contribution < -0.4 is 16.1 Å². The van der Waals surface area contributed by atoms with E-state index in [1.807, 2.05) is 0 Å². The van der Waals surface area contributed by atoms with Crippen molar-refractivity contribution in [3.8, 4) is 11.8 Å². The minimum Gasteiger partial charge on any atom is -0.443 e. The Kier molecular flexibility index (Phi) is 7.25. The van der Waals surface area contributed by atoms with Crippen molar-refractivity contribution in [1.29, 1.82) is 0 Å². The molecule has 2 aromatic heterocycles. The lowest BCUT2D eigenvalue weighted by atomic mass is 9.91. The maximum absolute atomic E-state index is 13.1. The summed E-state index contributed by atoms with van der Waals surface area (Å²) >= 11 is 6.19. The van der Waals surface area contributed by atoms with Crippen LogP contribution in [-0.4, -0.2) is 30.8 Å². The van der Waals surface area contributed by atoms with Crippen LogP contribution in [0.5, 0.6) is 0 Å². The Hall–Kier alpha value is -3.06. The second-order valence-corrected chi connectivity index (χ2v) is 9.14. The van der Waals surface area contributed by atoms with E-state index >= 15 is 0 Å². The summed E-state index contributed by atoms with van der Waals surface area (Å²) < 4.78 is 7.78. The first-order valence-corrected chi connectivity index (χ1v) is 10.3. The van der Waals surface area contributed by atoms with Crippen molar-refractivity contribution in [3.63, 3.8) is 0 Å². The van der Waals surface area contributed by atoms with Gasteiger partial charge in [-0.1, -0.05) is 17.6 Å². The average Bonchev–Trinajstić information content (AvgIpc) is 3.04. The number of rotatable bonds is 6. The van der Waals surface area contributed by atoms with Gasteiger partial charge in [0.2, 0.25) is 5.28 Å². The zero-order chi connectivity index (χ0) is 24.4. The van der Waals surface area contributed by atoms with Gasteiger partial charge in [0.05, 0.1) is 17.4 Å². The number of fused-ring (bicyclic) bond motifs is 1. The number of carbonyl (C=O) groups excluding carboxylic acids is 2. The Balaban J connectivity index is 2.76. The van der Waals surface area contributed by atoms with E-state index in [1.54, 1.807) is 48.5 Å². The lowest BCUT2D eigenvalue weighted by Gasteiger charge is -2.21. The highest BCUT2D eigenvalue weighted by atomic mass is 35.5. The van der Waals surface area contributed by atoms with E-state index in [1.165, 1.54) is 4.57 Å². The molecule has 0 atom stereocenters. The zero-order valence-corrected chi connectivity index (χ0v) is 20.0. The van der Waals surface area contributed by atoms with E-state index in [9.17, 15) is 19.2 Å². The Morgan fingerprint density at radius 3 is 2.25 bits per heavy atom. The monoisotopic (exact) mass is 466 g/mol. The molecule has 0 radical (unpaired) electrons. The van der Waals surface area contributed by atoms with Gasteiger partial charge in [-0.3, -0.25) is 14.2 Å². The minimum absolute atomic E-state index is 0.00938. The summed E-state index contributed by atoms with van der Waals surface area (Å²) in [7, 11) is 0. The lowest BCUT2D eigenvalue weighted by molar-refractivity contribution is -0.159. The van der Waals surface area contributed by atoms with Gasteiger partial charge in [0.1, 0.15) is 0 Å². The molecule has 2 heterocycles. The molecule has 2 rings (SSSR count). The Morgan fingerprint density at radius 1 is 1.09 bits per heavy atom. The summed E-state index contributed by atoms with van der Waals surface area (Å²) in [5, 5.41) is -0.104. The molecule has 0 aliphatic carbocycles. The fourth-order valence-corrected chi connectivity index (χ4v) is 2.61.